The van der Waals surface area contributed by atoms with Crippen LogP contribution in [-0.4, -0.2) is 53.7 Å². The fourth-order valence-corrected chi connectivity index (χ4v) is 1.66. The lowest BCUT2D eigenvalue weighted by molar-refractivity contribution is 0.100. The topological polar surface area (TPSA) is 43.8 Å². The summed E-state index contributed by atoms with van der Waals surface area (Å²) in [6, 6.07) is 0. The van der Waals surface area contributed by atoms with Crippen LogP contribution in [0.25, 0.3) is 0 Å². The summed E-state index contributed by atoms with van der Waals surface area (Å²) < 4.78 is 0. The lowest BCUT2D eigenvalue weighted by Crippen LogP contribution is -2.48. The van der Waals surface area contributed by atoms with Crippen LogP contribution in [0.4, 0.5) is 4.79 Å². The van der Waals surface area contributed by atoms with E-state index >= 15 is 0 Å². The van der Waals surface area contributed by atoms with Gasteiger partial charge >= 0.3 is 6.09 Å². The van der Waals surface area contributed by atoms with E-state index in [0.717, 1.165) is 19.6 Å². The number of nitrogens with zero attached hydrogens (tertiary/aromatic N) is 2. The minimum Gasteiger partial charge on any atom is -0.465 e. The zero-order valence-electron chi connectivity index (χ0n) is 9.99. The SMILES string of the molecule is CC(C)(C)CCN1CCN(C(=O)O)CC1. The Hall–Kier alpha value is -0.770. The molecular formula is C11H22N2O2. The van der Waals surface area contributed by atoms with E-state index in [0.29, 0.717) is 18.5 Å². The van der Waals surface area contributed by atoms with Gasteiger partial charge in [0.05, 0.1) is 0 Å². The third-order valence-corrected chi connectivity index (χ3v) is 2.82. The summed E-state index contributed by atoms with van der Waals surface area (Å²) in [6.07, 6.45) is 0.380. The van der Waals surface area contributed by atoms with Gasteiger partial charge in [0.25, 0.3) is 0 Å². The maximum Gasteiger partial charge on any atom is 0.407 e. The maximum atomic E-state index is 10.7. The first-order chi connectivity index (χ1) is 6.88. The Labute approximate surface area is 91.9 Å². The molecule has 1 aliphatic heterocycles. The van der Waals surface area contributed by atoms with Crippen LogP contribution in [0.15, 0.2) is 0 Å². The van der Waals surface area contributed by atoms with E-state index in [1.807, 2.05) is 0 Å². The molecule has 0 aromatic carbocycles. The van der Waals surface area contributed by atoms with E-state index in [9.17, 15) is 4.79 Å². The fourth-order valence-electron chi connectivity index (χ4n) is 1.66. The molecule has 4 nitrogen and oxygen atoms in total. The smallest absolute Gasteiger partial charge is 0.407 e. The summed E-state index contributed by atoms with van der Waals surface area (Å²) in [5.41, 5.74) is 0.365. The Morgan fingerprint density at radius 3 is 2.13 bits per heavy atom. The van der Waals surface area contributed by atoms with E-state index in [1.54, 1.807) is 0 Å². The largest absolute Gasteiger partial charge is 0.465 e. The minimum atomic E-state index is -0.787. The monoisotopic (exact) mass is 214 g/mol. The van der Waals surface area contributed by atoms with Gasteiger partial charge in [0, 0.05) is 26.2 Å². The van der Waals surface area contributed by atoms with Crippen LogP contribution in [-0.2, 0) is 0 Å². The zero-order chi connectivity index (χ0) is 11.5. The molecule has 0 aromatic rings. The molecule has 0 radical (unpaired) electrons. The summed E-state index contributed by atoms with van der Waals surface area (Å²) in [6.45, 7) is 10.8. The van der Waals surface area contributed by atoms with E-state index in [1.165, 1.54) is 11.3 Å². The maximum absolute atomic E-state index is 10.7. The normalized spacial score (nSPS) is 19.3. The predicted octanol–water partition coefficient (Wildman–Crippen LogP) is 1.72. The van der Waals surface area contributed by atoms with Gasteiger partial charge in [-0.15, -0.1) is 0 Å². The first-order valence-electron chi connectivity index (χ1n) is 5.59. The molecule has 1 heterocycles. The molecule has 1 N–H and O–H groups in total. The van der Waals surface area contributed by atoms with E-state index in [4.69, 9.17) is 5.11 Å². The van der Waals surface area contributed by atoms with Crippen molar-refractivity contribution in [2.75, 3.05) is 32.7 Å². The molecule has 0 saturated carbocycles. The van der Waals surface area contributed by atoms with Crippen LogP contribution < -0.4 is 0 Å². The van der Waals surface area contributed by atoms with Gasteiger partial charge in [-0.1, -0.05) is 20.8 Å². The fraction of sp³-hybridized carbons (Fsp3) is 0.909. The molecule has 0 unspecified atom stereocenters. The molecule has 1 fully saturated rings. The van der Waals surface area contributed by atoms with Crippen LogP contribution in [0.5, 0.6) is 0 Å². The molecule has 4 heteroatoms. The highest BCUT2D eigenvalue weighted by molar-refractivity contribution is 5.65. The molecule has 1 saturated heterocycles. The van der Waals surface area contributed by atoms with Crippen molar-refractivity contribution in [3.63, 3.8) is 0 Å². The molecule has 0 bridgehead atoms. The highest BCUT2D eigenvalue weighted by Gasteiger charge is 2.21. The van der Waals surface area contributed by atoms with Gasteiger partial charge in [0.1, 0.15) is 0 Å². The second-order valence-electron chi connectivity index (χ2n) is 5.42. The summed E-state index contributed by atoms with van der Waals surface area (Å²) >= 11 is 0. The Balaban J connectivity index is 2.23. The van der Waals surface area contributed by atoms with Gasteiger partial charge in [0.15, 0.2) is 0 Å². The van der Waals surface area contributed by atoms with Crippen molar-refractivity contribution in [1.82, 2.24) is 9.80 Å². The van der Waals surface area contributed by atoms with Gasteiger partial charge in [-0.05, 0) is 18.4 Å². The van der Waals surface area contributed by atoms with Crippen LogP contribution in [0, 0.1) is 5.41 Å². The highest BCUT2D eigenvalue weighted by atomic mass is 16.4. The second kappa shape index (κ2) is 4.84. The number of amides is 1. The average molecular weight is 214 g/mol. The number of rotatable bonds is 2. The summed E-state index contributed by atoms with van der Waals surface area (Å²) in [4.78, 5) is 14.5. The van der Waals surface area contributed by atoms with Gasteiger partial charge in [0.2, 0.25) is 0 Å². The van der Waals surface area contributed by atoms with Gasteiger partial charge in [-0.25, -0.2) is 4.79 Å². The first-order valence-corrected chi connectivity index (χ1v) is 5.59. The lowest BCUT2D eigenvalue weighted by atomic mass is 9.92. The molecule has 1 rings (SSSR count). The van der Waals surface area contributed by atoms with E-state index < -0.39 is 6.09 Å². The van der Waals surface area contributed by atoms with Gasteiger partial charge in [-0.3, -0.25) is 4.90 Å². The van der Waals surface area contributed by atoms with Gasteiger partial charge in [-0.2, -0.15) is 0 Å². The average Bonchev–Trinajstić information content (AvgIpc) is 2.14. The van der Waals surface area contributed by atoms with Crippen LogP contribution >= 0.6 is 0 Å². The van der Waals surface area contributed by atoms with Crippen molar-refractivity contribution >= 4 is 6.09 Å². The zero-order valence-corrected chi connectivity index (χ0v) is 9.99. The number of carbonyl (C=O) groups is 1. The molecule has 88 valence electrons. The summed E-state index contributed by atoms with van der Waals surface area (Å²) in [5, 5.41) is 8.79. The van der Waals surface area contributed by atoms with Crippen LogP contribution in [0.2, 0.25) is 0 Å². The highest BCUT2D eigenvalue weighted by Crippen LogP contribution is 2.19. The van der Waals surface area contributed by atoms with Crippen molar-refractivity contribution in [2.45, 2.75) is 27.2 Å². The third-order valence-electron chi connectivity index (χ3n) is 2.82. The number of carboxylic acid groups (broad SMARTS) is 1. The third kappa shape index (κ3) is 4.51. The number of piperazine rings is 1. The second-order valence-corrected chi connectivity index (χ2v) is 5.42. The Morgan fingerprint density at radius 1 is 1.20 bits per heavy atom. The molecule has 0 aliphatic carbocycles. The van der Waals surface area contributed by atoms with Crippen molar-refractivity contribution < 1.29 is 9.90 Å². The summed E-state index contributed by atoms with van der Waals surface area (Å²) in [5.74, 6) is 0. The Morgan fingerprint density at radius 2 is 1.73 bits per heavy atom. The molecule has 1 amide bonds. The minimum absolute atomic E-state index is 0.365. The van der Waals surface area contributed by atoms with Crippen molar-refractivity contribution in [3.05, 3.63) is 0 Å². The number of hydrogen-bond donors (Lipinski definition) is 1. The van der Waals surface area contributed by atoms with Crippen LogP contribution in [0.3, 0.4) is 0 Å². The Bertz CT molecular complexity index is 215. The molecule has 1 aliphatic rings. The molecule has 0 atom stereocenters. The number of hydrogen-bond acceptors (Lipinski definition) is 2. The van der Waals surface area contributed by atoms with Crippen molar-refractivity contribution in [2.24, 2.45) is 5.41 Å². The Kier molecular flexibility index (Phi) is 3.97. The van der Waals surface area contributed by atoms with E-state index in [2.05, 4.69) is 25.7 Å². The molecule has 15 heavy (non-hydrogen) atoms. The standard InChI is InChI=1S/C11H22N2O2/c1-11(2,3)4-5-12-6-8-13(9-7-12)10(14)15/h4-9H2,1-3H3,(H,14,15). The van der Waals surface area contributed by atoms with Crippen molar-refractivity contribution in [1.29, 1.82) is 0 Å². The molecular weight excluding hydrogens is 192 g/mol. The summed E-state index contributed by atoms with van der Waals surface area (Å²) in [7, 11) is 0. The van der Waals surface area contributed by atoms with Crippen molar-refractivity contribution in [3.8, 4) is 0 Å². The molecule has 0 aromatic heterocycles. The quantitative estimate of drug-likeness (QED) is 0.761. The van der Waals surface area contributed by atoms with Crippen LogP contribution in [0.1, 0.15) is 27.2 Å². The van der Waals surface area contributed by atoms with Gasteiger partial charge < -0.3 is 10.0 Å². The first kappa shape index (κ1) is 12.3. The lowest BCUT2D eigenvalue weighted by Gasteiger charge is -2.34. The predicted molar refractivity (Wildman–Crippen MR) is 60.1 cm³/mol. The molecule has 0 spiro atoms. The van der Waals surface area contributed by atoms with E-state index in [-0.39, 0.29) is 0 Å².